The summed E-state index contributed by atoms with van der Waals surface area (Å²) in [5.41, 5.74) is 0. The zero-order valence-electron chi connectivity index (χ0n) is 12.3. The molecule has 3 aliphatic rings. The Morgan fingerprint density at radius 1 is 1.10 bits per heavy atom. The number of rotatable bonds is 3. The third kappa shape index (κ3) is 3.28. The summed E-state index contributed by atoms with van der Waals surface area (Å²) in [6.07, 6.45) is 11.0. The zero-order chi connectivity index (χ0) is 14.8. The number of carbonyl (C=O) groups is 2. The second-order valence-corrected chi connectivity index (χ2v) is 6.63. The SMILES string of the molecule is O=C(O)C1C=CC(NC(=O)C2CCC3CCCCC3N2)C1. The summed E-state index contributed by atoms with van der Waals surface area (Å²) in [5, 5.41) is 15.5. The van der Waals surface area contributed by atoms with Crippen LogP contribution in [0.4, 0.5) is 0 Å². The van der Waals surface area contributed by atoms with Gasteiger partial charge in [-0.25, -0.2) is 0 Å². The molecule has 116 valence electrons. The highest BCUT2D eigenvalue weighted by Crippen LogP contribution is 2.32. The molecule has 1 amide bonds. The van der Waals surface area contributed by atoms with E-state index in [0.717, 1.165) is 18.8 Å². The summed E-state index contributed by atoms with van der Waals surface area (Å²) in [7, 11) is 0. The van der Waals surface area contributed by atoms with Crippen LogP contribution in [0.1, 0.15) is 44.9 Å². The molecule has 5 atom stereocenters. The maximum atomic E-state index is 12.4. The van der Waals surface area contributed by atoms with Crippen LogP contribution in [0.2, 0.25) is 0 Å². The number of amides is 1. The van der Waals surface area contributed by atoms with Gasteiger partial charge in [0.25, 0.3) is 0 Å². The molecule has 5 unspecified atom stereocenters. The second-order valence-electron chi connectivity index (χ2n) is 6.63. The summed E-state index contributed by atoms with van der Waals surface area (Å²) in [6.45, 7) is 0. The molecular formula is C16H24N2O3. The van der Waals surface area contributed by atoms with E-state index in [1.165, 1.54) is 25.7 Å². The number of hydrogen-bond donors (Lipinski definition) is 3. The third-order valence-corrected chi connectivity index (χ3v) is 5.20. The van der Waals surface area contributed by atoms with Gasteiger partial charge in [-0.3, -0.25) is 9.59 Å². The normalized spacial score (nSPS) is 38.8. The van der Waals surface area contributed by atoms with E-state index in [-0.39, 0.29) is 18.0 Å². The highest BCUT2D eigenvalue weighted by molar-refractivity contribution is 5.82. The number of carbonyl (C=O) groups excluding carboxylic acids is 1. The summed E-state index contributed by atoms with van der Waals surface area (Å²) >= 11 is 0. The van der Waals surface area contributed by atoms with Crippen molar-refractivity contribution in [3.63, 3.8) is 0 Å². The molecule has 5 nitrogen and oxygen atoms in total. The van der Waals surface area contributed by atoms with Gasteiger partial charge < -0.3 is 15.7 Å². The van der Waals surface area contributed by atoms with E-state index in [0.29, 0.717) is 12.5 Å². The maximum Gasteiger partial charge on any atom is 0.310 e. The molecule has 1 aliphatic heterocycles. The molecule has 5 heteroatoms. The number of fused-ring (bicyclic) bond motifs is 1. The molecule has 1 saturated carbocycles. The second kappa shape index (κ2) is 6.18. The van der Waals surface area contributed by atoms with Crippen molar-refractivity contribution >= 4 is 11.9 Å². The first-order chi connectivity index (χ1) is 10.1. The van der Waals surface area contributed by atoms with Crippen LogP contribution in [0.5, 0.6) is 0 Å². The van der Waals surface area contributed by atoms with Crippen molar-refractivity contribution in [2.45, 2.75) is 63.1 Å². The van der Waals surface area contributed by atoms with Gasteiger partial charge >= 0.3 is 5.97 Å². The van der Waals surface area contributed by atoms with E-state index >= 15 is 0 Å². The highest BCUT2D eigenvalue weighted by Gasteiger charge is 2.35. The van der Waals surface area contributed by atoms with E-state index in [1.807, 2.05) is 6.08 Å². The highest BCUT2D eigenvalue weighted by atomic mass is 16.4. The van der Waals surface area contributed by atoms with E-state index < -0.39 is 11.9 Å². The first-order valence-electron chi connectivity index (χ1n) is 8.11. The van der Waals surface area contributed by atoms with Crippen LogP contribution >= 0.6 is 0 Å². The Morgan fingerprint density at radius 2 is 1.90 bits per heavy atom. The lowest BCUT2D eigenvalue weighted by Crippen LogP contribution is -2.56. The molecule has 2 aliphatic carbocycles. The van der Waals surface area contributed by atoms with Gasteiger partial charge in [0.1, 0.15) is 0 Å². The molecule has 0 aromatic rings. The van der Waals surface area contributed by atoms with Crippen LogP contribution in [0.15, 0.2) is 12.2 Å². The fourth-order valence-corrected chi connectivity index (χ4v) is 3.97. The molecule has 1 saturated heterocycles. The zero-order valence-corrected chi connectivity index (χ0v) is 12.3. The van der Waals surface area contributed by atoms with Gasteiger partial charge in [-0.2, -0.15) is 0 Å². The van der Waals surface area contributed by atoms with Crippen LogP contribution in [-0.2, 0) is 9.59 Å². The largest absolute Gasteiger partial charge is 0.481 e. The number of nitrogens with one attached hydrogen (secondary N) is 2. The predicted molar refractivity (Wildman–Crippen MR) is 78.7 cm³/mol. The number of aliphatic carboxylic acids is 1. The standard InChI is InChI=1S/C16H24N2O3/c19-15(17-12-7-5-11(9-12)16(20)21)14-8-6-10-3-1-2-4-13(10)18-14/h5,7,10-14,18H,1-4,6,8-9H2,(H,17,19)(H,20,21). The average molecular weight is 292 g/mol. The lowest BCUT2D eigenvalue weighted by molar-refractivity contribution is -0.140. The van der Waals surface area contributed by atoms with Crippen molar-refractivity contribution in [1.82, 2.24) is 10.6 Å². The van der Waals surface area contributed by atoms with E-state index in [9.17, 15) is 9.59 Å². The molecule has 3 rings (SSSR count). The van der Waals surface area contributed by atoms with Crippen molar-refractivity contribution in [1.29, 1.82) is 0 Å². The van der Waals surface area contributed by atoms with Gasteiger partial charge in [0, 0.05) is 12.1 Å². The number of piperidine rings is 1. The summed E-state index contributed by atoms with van der Waals surface area (Å²) < 4.78 is 0. The molecule has 3 N–H and O–H groups in total. The number of carboxylic acid groups (broad SMARTS) is 1. The number of hydrogen-bond acceptors (Lipinski definition) is 3. The minimum absolute atomic E-state index is 0.0275. The Morgan fingerprint density at radius 3 is 2.67 bits per heavy atom. The summed E-state index contributed by atoms with van der Waals surface area (Å²) in [6, 6.07) is 0.250. The maximum absolute atomic E-state index is 12.4. The van der Waals surface area contributed by atoms with Crippen LogP contribution in [0.25, 0.3) is 0 Å². The van der Waals surface area contributed by atoms with Crippen LogP contribution in [0, 0.1) is 11.8 Å². The molecule has 0 radical (unpaired) electrons. The Labute approximate surface area is 125 Å². The van der Waals surface area contributed by atoms with E-state index in [1.54, 1.807) is 6.08 Å². The summed E-state index contributed by atoms with van der Waals surface area (Å²) in [4.78, 5) is 23.3. The van der Waals surface area contributed by atoms with Gasteiger partial charge in [-0.15, -0.1) is 0 Å². The first-order valence-corrected chi connectivity index (χ1v) is 8.11. The Balaban J connectivity index is 1.50. The minimum atomic E-state index is -0.816. The minimum Gasteiger partial charge on any atom is -0.481 e. The van der Waals surface area contributed by atoms with Crippen molar-refractivity contribution in [2.24, 2.45) is 11.8 Å². The smallest absolute Gasteiger partial charge is 0.310 e. The van der Waals surface area contributed by atoms with Crippen molar-refractivity contribution < 1.29 is 14.7 Å². The molecule has 1 heterocycles. The Kier molecular flexibility index (Phi) is 4.29. The molecular weight excluding hydrogens is 268 g/mol. The van der Waals surface area contributed by atoms with Gasteiger partial charge in [0.2, 0.25) is 5.91 Å². The summed E-state index contributed by atoms with van der Waals surface area (Å²) in [5.74, 6) is -0.508. The van der Waals surface area contributed by atoms with Crippen LogP contribution in [0.3, 0.4) is 0 Å². The lowest BCUT2D eigenvalue weighted by Gasteiger charge is -2.40. The molecule has 0 bridgehead atoms. The van der Waals surface area contributed by atoms with Crippen molar-refractivity contribution in [3.8, 4) is 0 Å². The lowest BCUT2D eigenvalue weighted by atomic mass is 9.77. The Bertz CT molecular complexity index is 449. The topological polar surface area (TPSA) is 78.4 Å². The molecule has 21 heavy (non-hydrogen) atoms. The van der Waals surface area contributed by atoms with Gasteiger partial charge in [-0.05, 0) is 38.0 Å². The third-order valence-electron chi connectivity index (χ3n) is 5.20. The Hall–Kier alpha value is -1.36. The van der Waals surface area contributed by atoms with E-state index in [4.69, 9.17) is 5.11 Å². The predicted octanol–water partition coefficient (Wildman–Crippen LogP) is 1.44. The fraction of sp³-hybridized carbons (Fsp3) is 0.750. The van der Waals surface area contributed by atoms with E-state index in [2.05, 4.69) is 10.6 Å². The van der Waals surface area contributed by atoms with Gasteiger partial charge in [0.05, 0.1) is 12.0 Å². The quantitative estimate of drug-likeness (QED) is 0.688. The fourth-order valence-electron chi connectivity index (χ4n) is 3.97. The molecule has 0 aromatic carbocycles. The van der Waals surface area contributed by atoms with Gasteiger partial charge in [0.15, 0.2) is 0 Å². The first kappa shape index (κ1) is 14.6. The molecule has 2 fully saturated rings. The number of carboxylic acids is 1. The monoisotopic (exact) mass is 292 g/mol. The average Bonchev–Trinajstić information content (AvgIpc) is 2.95. The van der Waals surface area contributed by atoms with Crippen LogP contribution < -0.4 is 10.6 Å². The molecule has 0 aromatic heterocycles. The van der Waals surface area contributed by atoms with Crippen molar-refractivity contribution in [3.05, 3.63) is 12.2 Å². The van der Waals surface area contributed by atoms with Crippen LogP contribution in [-0.4, -0.2) is 35.1 Å². The molecule has 0 spiro atoms. The van der Waals surface area contributed by atoms with Crippen molar-refractivity contribution in [2.75, 3.05) is 0 Å². The van der Waals surface area contributed by atoms with Gasteiger partial charge in [-0.1, -0.05) is 25.0 Å².